The number of halogens is 1. The molecule has 0 amide bonds. The topological polar surface area (TPSA) is 31.6 Å². The Kier molecular flexibility index (Phi) is 3.41. The molecule has 0 unspecified atom stereocenters. The molecule has 26 heavy (non-hydrogen) atoms. The van der Waals surface area contributed by atoms with Crippen LogP contribution in [0.5, 0.6) is 0 Å². The van der Waals surface area contributed by atoms with E-state index in [0.29, 0.717) is 0 Å². The molecule has 2 aromatic heterocycles. The number of alkyl halides is 1. The van der Waals surface area contributed by atoms with Crippen molar-refractivity contribution < 1.29 is 0 Å². The molecule has 3 aromatic carbocycles. The molecular formula is C23H17ClN2. The lowest BCUT2D eigenvalue weighted by molar-refractivity contribution is 0.898. The molecule has 2 N–H and O–H groups in total. The van der Waals surface area contributed by atoms with Crippen molar-refractivity contribution >= 4 is 33.4 Å². The summed E-state index contributed by atoms with van der Waals surface area (Å²) in [5.41, 5.74) is 5.35. The first-order chi connectivity index (χ1) is 12.8. The number of hydrogen-bond acceptors (Lipinski definition) is 0. The number of aromatic nitrogens is 2. The fourth-order valence-corrected chi connectivity index (χ4v) is 4.28. The SMILES string of the molecule is ClC(c1ccccc1)(c1c[nH]c2ccccc12)c1c[nH]c2ccccc12. The van der Waals surface area contributed by atoms with E-state index < -0.39 is 4.87 Å². The van der Waals surface area contributed by atoms with Gasteiger partial charge in [0.15, 0.2) is 0 Å². The van der Waals surface area contributed by atoms with Crippen LogP contribution in [0.25, 0.3) is 21.8 Å². The van der Waals surface area contributed by atoms with Crippen LogP contribution >= 0.6 is 11.6 Å². The maximum atomic E-state index is 7.52. The summed E-state index contributed by atoms with van der Waals surface area (Å²) in [6, 6.07) is 26.9. The van der Waals surface area contributed by atoms with Gasteiger partial charge in [-0.25, -0.2) is 0 Å². The first kappa shape index (κ1) is 15.3. The highest BCUT2D eigenvalue weighted by atomic mass is 35.5. The minimum Gasteiger partial charge on any atom is -0.361 e. The minimum atomic E-state index is -0.791. The standard InChI is InChI=1S/C23H17ClN2/c24-23(16-8-2-1-3-9-16,19-14-25-21-12-6-4-10-17(19)21)20-15-26-22-13-7-5-11-18(20)22/h1-15,25-26H. The smallest absolute Gasteiger partial charge is 0.123 e. The molecule has 3 heteroatoms. The summed E-state index contributed by atoms with van der Waals surface area (Å²) in [7, 11) is 0. The van der Waals surface area contributed by atoms with E-state index in [4.69, 9.17) is 11.6 Å². The molecule has 0 spiro atoms. The molecule has 5 aromatic rings. The Morgan fingerprint density at radius 3 is 1.58 bits per heavy atom. The van der Waals surface area contributed by atoms with Gasteiger partial charge in [-0.05, 0) is 17.7 Å². The van der Waals surface area contributed by atoms with Gasteiger partial charge < -0.3 is 9.97 Å². The van der Waals surface area contributed by atoms with Gasteiger partial charge in [0.1, 0.15) is 4.87 Å². The van der Waals surface area contributed by atoms with Crippen molar-refractivity contribution in [2.75, 3.05) is 0 Å². The number of benzene rings is 3. The highest BCUT2D eigenvalue weighted by molar-refractivity contribution is 6.30. The third-order valence-electron chi connectivity index (χ3n) is 5.09. The van der Waals surface area contributed by atoms with Crippen molar-refractivity contribution in [2.45, 2.75) is 4.87 Å². The zero-order valence-corrected chi connectivity index (χ0v) is 14.8. The van der Waals surface area contributed by atoms with Gasteiger partial charge in [0.05, 0.1) is 0 Å². The number of para-hydroxylation sites is 2. The maximum Gasteiger partial charge on any atom is 0.123 e. The lowest BCUT2D eigenvalue weighted by Crippen LogP contribution is -2.21. The molecule has 0 aliphatic carbocycles. The minimum absolute atomic E-state index is 0.791. The molecule has 2 nitrogen and oxygen atoms in total. The Morgan fingerprint density at radius 2 is 1.04 bits per heavy atom. The molecule has 0 fully saturated rings. The molecule has 0 aliphatic heterocycles. The third-order valence-corrected chi connectivity index (χ3v) is 5.72. The van der Waals surface area contributed by atoms with Gasteiger partial charge in [0, 0.05) is 45.3 Å². The van der Waals surface area contributed by atoms with Crippen LogP contribution in [0.4, 0.5) is 0 Å². The van der Waals surface area contributed by atoms with E-state index in [0.717, 1.165) is 38.5 Å². The van der Waals surface area contributed by atoms with Crippen molar-refractivity contribution in [1.29, 1.82) is 0 Å². The van der Waals surface area contributed by atoms with Crippen LogP contribution in [0.2, 0.25) is 0 Å². The highest BCUT2D eigenvalue weighted by Crippen LogP contribution is 2.47. The monoisotopic (exact) mass is 356 g/mol. The van der Waals surface area contributed by atoms with Crippen molar-refractivity contribution in [3.8, 4) is 0 Å². The summed E-state index contributed by atoms with van der Waals surface area (Å²) >= 11 is 7.52. The summed E-state index contributed by atoms with van der Waals surface area (Å²) in [4.78, 5) is 5.97. The van der Waals surface area contributed by atoms with E-state index in [1.165, 1.54) is 0 Å². The van der Waals surface area contributed by atoms with Crippen LogP contribution in [-0.4, -0.2) is 9.97 Å². The molecule has 0 saturated carbocycles. The van der Waals surface area contributed by atoms with Crippen molar-refractivity contribution in [1.82, 2.24) is 9.97 Å². The first-order valence-electron chi connectivity index (χ1n) is 8.66. The van der Waals surface area contributed by atoms with Crippen LogP contribution < -0.4 is 0 Å². The first-order valence-corrected chi connectivity index (χ1v) is 9.04. The molecule has 0 atom stereocenters. The number of rotatable bonds is 3. The zero-order valence-electron chi connectivity index (χ0n) is 14.0. The highest BCUT2D eigenvalue weighted by Gasteiger charge is 2.38. The molecule has 0 aliphatic rings. The van der Waals surface area contributed by atoms with Gasteiger partial charge in [-0.2, -0.15) is 0 Å². The number of aromatic amines is 2. The second-order valence-corrected chi connectivity index (χ2v) is 7.09. The van der Waals surface area contributed by atoms with E-state index >= 15 is 0 Å². The lowest BCUT2D eigenvalue weighted by atomic mass is 9.84. The third kappa shape index (κ3) is 2.12. The maximum absolute atomic E-state index is 7.52. The van der Waals surface area contributed by atoms with E-state index in [1.807, 2.05) is 42.7 Å². The Bertz CT molecular complexity index is 1130. The van der Waals surface area contributed by atoms with E-state index in [9.17, 15) is 0 Å². The largest absolute Gasteiger partial charge is 0.361 e. The normalized spacial score (nSPS) is 12.0. The van der Waals surface area contributed by atoms with Crippen LogP contribution in [0.3, 0.4) is 0 Å². The molecule has 2 heterocycles. The molecule has 5 rings (SSSR count). The average molecular weight is 357 g/mol. The van der Waals surface area contributed by atoms with Crippen molar-refractivity contribution in [3.05, 3.63) is 108 Å². The fraction of sp³-hybridized carbons (Fsp3) is 0.0435. The number of hydrogen-bond donors (Lipinski definition) is 2. The molecule has 0 bridgehead atoms. The van der Waals surface area contributed by atoms with E-state index in [-0.39, 0.29) is 0 Å². The number of nitrogens with one attached hydrogen (secondary N) is 2. The van der Waals surface area contributed by atoms with Crippen LogP contribution in [0, 0.1) is 0 Å². The van der Waals surface area contributed by atoms with Gasteiger partial charge in [0.2, 0.25) is 0 Å². The quantitative estimate of drug-likeness (QED) is 0.362. The second kappa shape index (κ2) is 5.79. The zero-order chi connectivity index (χ0) is 17.6. The van der Waals surface area contributed by atoms with Crippen LogP contribution in [0.15, 0.2) is 91.3 Å². The van der Waals surface area contributed by atoms with Gasteiger partial charge in [0.25, 0.3) is 0 Å². The van der Waals surface area contributed by atoms with Gasteiger partial charge in [-0.1, -0.05) is 66.7 Å². The average Bonchev–Trinajstić information content (AvgIpc) is 3.33. The molecule has 0 radical (unpaired) electrons. The van der Waals surface area contributed by atoms with E-state index in [1.54, 1.807) is 0 Å². The predicted molar refractivity (Wildman–Crippen MR) is 109 cm³/mol. The Morgan fingerprint density at radius 1 is 0.577 bits per heavy atom. The number of fused-ring (bicyclic) bond motifs is 2. The lowest BCUT2D eigenvalue weighted by Gasteiger charge is -2.28. The summed E-state index contributed by atoms with van der Waals surface area (Å²) in [6.07, 6.45) is 4.07. The fourth-order valence-electron chi connectivity index (χ4n) is 3.84. The summed E-state index contributed by atoms with van der Waals surface area (Å²) < 4.78 is 0. The molecule has 0 saturated heterocycles. The Balaban J connectivity index is 1.88. The summed E-state index contributed by atoms with van der Waals surface area (Å²) in [5, 5.41) is 2.27. The van der Waals surface area contributed by atoms with Gasteiger partial charge in [-0.3, -0.25) is 0 Å². The van der Waals surface area contributed by atoms with E-state index in [2.05, 4.69) is 58.5 Å². The van der Waals surface area contributed by atoms with Gasteiger partial charge in [-0.15, -0.1) is 11.6 Å². The predicted octanol–water partition coefficient (Wildman–Crippen LogP) is 6.18. The Labute approximate surface area is 156 Å². The Hall–Kier alpha value is -2.97. The number of H-pyrrole nitrogens is 2. The second-order valence-electron chi connectivity index (χ2n) is 6.52. The summed E-state index contributed by atoms with van der Waals surface area (Å²) in [6.45, 7) is 0. The molecule has 126 valence electrons. The van der Waals surface area contributed by atoms with Crippen molar-refractivity contribution in [2.24, 2.45) is 0 Å². The van der Waals surface area contributed by atoms with Gasteiger partial charge >= 0.3 is 0 Å². The van der Waals surface area contributed by atoms with Crippen LogP contribution in [0.1, 0.15) is 16.7 Å². The van der Waals surface area contributed by atoms with Crippen LogP contribution in [-0.2, 0) is 4.87 Å². The van der Waals surface area contributed by atoms with Crippen molar-refractivity contribution in [3.63, 3.8) is 0 Å². The summed E-state index contributed by atoms with van der Waals surface area (Å²) in [5.74, 6) is 0. The molecular weight excluding hydrogens is 340 g/mol.